The van der Waals surface area contributed by atoms with E-state index in [1.165, 1.54) is 12.8 Å². The first-order valence-corrected chi connectivity index (χ1v) is 9.03. The second-order valence-corrected chi connectivity index (χ2v) is 7.25. The molecule has 7 heteroatoms. The molecule has 0 aromatic carbocycles. The average Bonchev–Trinajstić information content (AvgIpc) is 3.10. The van der Waals surface area contributed by atoms with E-state index in [4.69, 9.17) is 5.73 Å². The zero-order valence-electron chi connectivity index (χ0n) is 14.4. The van der Waals surface area contributed by atoms with Crippen molar-refractivity contribution in [3.05, 3.63) is 42.5 Å². The zero-order valence-corrected chi connectivity index (χ0v) is 14.4. The van der Waals surface area contributed by atoms with Crippen LogP contribution in [0.15, 0.2) is 36.8 Å². The predicted molar refractivity (Wildman–Crippen MR) is 97.8 cm³/mol. The number of aromatic nitrogens is 4. The summed E-state index contributed by atoms with van der Waals surface area (Å²) in [7, 11) is 0. The lowest BCUT2D eigenvalue weighted by Crippen LogP contribution is -2.28. The maximum absolute atomic E-state index is 11.8. The third kappa shape index (κ3) is 2.34. The van der Waals surface area contributed by atoms with Gasteiger partial charge in [-0.3, -0.25) is 4.79 Å². The molecular weight excluding hydrogens is 328 g/mol. The molecule has 1 aliphatic heterocycles. The summed E-state index contributed by atoms with van der Waals surface area (Å²) in [5.41, 5.74) is 8.67. The minimum atomic E-state index is -0.562. The van der Waals surface area contributed by atoms with Crippen LogP contribution in [-0.2, 0) is 10.2 Å². The summed E-state index contributed by atoms with van der Waals surface area (Å²) in [5.74, 6) is 0.645. The number of primary amides is 1. The molecule has 4 heterocycles. The topological polar surface area (TPSA) is 89.4 Å². The predicted octanol–water partition coefficient (Wildman–Crippen LogP) is 1.91. The highest BCUT2D eigenvalue weighted by Crippen LogP contribution is 2.47. The van der Waals surface area contributed by atoms with Crippen molar-refractivity contribution in [3.63, 3.8) is 0 Å². The summed E-state index contributed by atoms with van der Waals surface area (Å²) in [6.07, 6.45) is 9.71. The first-order valence-electron chi connectivity index (χ1n) is 9.03. The van der Waals surface area contributed by atoms with E-state index in [-0.39, 0.29) is 5.91 Å². The molecule has 3 aromatic rings. The van der Waals surface area contributed by atoms with E-state index in [2.05, 4.69) is 26.1 Å². The standard InChI is InChI=1S/C19H20N6O/c20-18(26)19(5-6-19)15-12-25-11-13(3-4-16(25)22-15)14-9-17(23-21-10-14)24-7-1-2-8-24/h3-4,9-12H,1-2,5-8H2,(H2,20,26). The number of pyridine rings is 1. The van der Waals surface area contributed by atoms with Crippen molar-refractivity contribution in [2.45, 2.75) is 31.1 Å². The molecular formula is C19H20N6O. The fourth-order valence-corrected chi connectivity index (χ4v) is 3.76. The molecule has 1 saturated heterocycles. The SMILES string of the molecule is NC(=O)C1(c2cn3cc(-c4cnnc(N5CCCC5)c4)ccc3n2)CC1. The van der Waals surface area contributed by atoms with Crippen molar-refractivity contribution in [3.8, 4) is 11.1 Å². The number of imidazole rings is 1. The molecule has 2 fully saturated rings. The van der Waals surface area contributed by atoms with Crippen LogP contribution in [-0.4, -0.2) is 38.6 Å². The van der Waals surface area contributed by atoms with Crippen LogP contribution in [0.3, 0.4) is 0 Å². The molecule has 2 aliphatic rings. The van der Waals surface area contributed by atoms with Gasteiger partial charge in [-0.05, 0) is 43.9 Å². The van der Waals surface area contributed by atoms with Crippen molar-refractivity contribution in [1.82, 2.24) is 19.6 Å². The van der Waals surface area contributed by atoms with Gasteiger partial charge >= 0.3 is 0 Å². The van der Waals surface area contributed by atoms with E-state index >= 15 is 0 Å². The minimum Gasteiger partial charge on any atom is -0.369 e. The molecule has 5 rings (SSSR count). The van der Waals surface area contributed by atoms with Gasteiger partial charge in [-0.2, -0.15) is 5.10 Å². The maximum Gasteiger partial charge on any atom is 0.229 e. The number of carbonyl (C=O) groups excluding carboxylic acids is 1. The molecule has 3 aromatic heterocycles. The van der Waals surface area contributed by atoms with E-state index in [0.717, 1.165) is 54.2 Å². The molecule has 7 nitrogen and oxygen atoms in total. The lowest BCUT2D eigenvalue weighted by atomic mass is 10.0. The molecule has 0 radical (unpaired) electrons. The van der Waals surface area contributed by atoms with Crippen LogP contribution < -0.4 is 10.6 Å². The molecule has 1 amide bonds. The molecule has 0 spiro atoms. The van der Waals surface area contributed by atoms with Gasteiger partial charge in [-0.25, -0.2) is 4.98 Å². The Morgan fingerprint density at radius 3 is 2.65 bits per heavy atom. The third-order valence-corrected chi connectivity index (χ3v) is 5.57. The summed E-state index contributed by atoms with van der Waals surface area (Å²) in [6, 6.07) is 6.08. The van der Waals surface area contributed by atoms with Gasteiger partial charge in [0.15, 0.2) is 5.82 Å². The monoisotopic (exact) mass is 348 g/mol. The Bertz CT molecular complexity index is 1000. The number of fused-ring (bicyclic) bond motifs is 1. The number of amides is 1. The molecule has 1 aliphatic carbocycles. The smallest absolute Gasteiger partial charge is 0.229 e. The summed E-state index contributed by atoms with van der Waals surface area (Å²) in [4.78, 5) is 18.6. The van der Waals surface area contributed by atoms with Crippen LogP contribution in [0, 0.1) is 0 Å². The Kier molecular flexibility index (Phi) is 3.25. The van der Waals surface area contributed by atoms with Gasteiger partial charge < -0.3 is 15.0 Å². The Hall–Kier alpha value is -2.96. The molecule has 132 valence electrons. The van der Waals surface area contributed by atoms with Gasteiger partial charge in [0.1, 0.15) is 5.65 Å². The molecule has 0 unspecified atom stereocenters. The number of hydrogen-bond acceptors (Lipinski definition) is 5. The van der Waals surface area contributed by atoms with Crippen molar-refractivity contribution >= 4 is 17.4 Å². The van der Waals surface area contributed by atoms with E-state index in [9.17, 15) is 4.79 Å². The molecule has 0 bridgehead atoms. The van der Waals surface area contributed by atoms with Crippen molar-refractivity contribution in [2.75, 3.05) is 18.0 Å². The van der Waals surface area contributed by atoms with Gasteiger partial charge in [0.25, 0.3) is 0 Å². The number of hydrogen-bond donors (Lipinski definition) is 1. The van der Waals surface area contributed by atoms with Crippen molar-refractivity contribution in [2.24, 2.45) is 5.73 Å². The van der Waals surface area contributed by atoms with E-state index in [0.29, 0.717) is 0 Å². The van der Waals surface area contributed by atoms with Gasteiger partial charge in [-0.1, -0.05) is 0 Å². The fraction of sp³-hybridized carbons (Fsp3) is 0.368. The summed E-state index contributed by atoms with van der Waals surface area (Å²) < 4.78 is 1.96. The quantitative estimate of drug-likeness (QED) is 0.778. The third-order valence-electron chi connectivity index (χ3n) is 5.57. The van der Waals surface area contributed by atoms with E-state index < -0.39 is 5.41 Å². The Labute approximate surface area is 150 Å². The number of rotatable bonds is 4. The average molecular weight is 348 g/mol. The van der Waals surface area contributed by atoms with Gasteiger partial charge in [-0.15, -0.1) is 5.10 Å². The van der Waals surface area contributed by atoms with E-state index in [1.54, 1.807) is 6.20 Å². The largest absolute Gasteiger partial charge is 0.369 e. The van der Waals surface area contributed by atoms with E-state index in [1.807, 2.05) is 28.9 Å². The zero-order chi connectivity index (χ0) is 17.7. The Morgan fingerprint density at radius 2 is 1.92 bits per heavy atom. The first kappa shape index (κ1) is 15.3. The highest BCUT2D eigenvalue weighted by molar-refractivity contribution is 5.89. The molecule has 1 saturated carbocycles. The molecule has 2 N–H and O–H groups in total. The summed E-state index contributed by atoms with van der Waals surface area (Å²) >= 11 is 0. The Morgan fingerprint density at radius 1 is 1.12 bits per heavy atom. The van der Waals surface area contributed by atoms with Gasteiger partial charge in [0.05, 0.1) is 17.3 Å². The van der Waals surface area contributed by atoms with Crippen molar-refractivity contribution in [1.29, 1.82) is 0 Å². The fourth-order valence-electron chi connectivity index (χ4n) is 3.76. The second kappa shape index (κ2) is 5.52. The number of anilines is 1. The van der Waals surface area contributed by atoms with Crippen LogP contribution >= 0.6 is 0 Å². The van der Waals surface area contributed by atoms with Crippen LogP contribution in [0.5, 0.6) is 0 Å². The van der Waals surface area contributed by atoms with Gasteiger partial charge in [0.2, 0.25) is 5.91 Å². The lowest BCUT2D eigenvalue weighted by molar-refractivity contribution is -0.120. The molecule has 26 heavy (non-hydrogen) atoms. The normalized spacial score (nSPS) is 18.4. The maximum atomic E-state index is 11.8. The van der Waals surface area contributed by atoms with Crippen LogP contribution in [0.2, 0.25) is 0 Å². The highest BCUT2D eigenvalue weighted by Gasteiger charge is 2.52. The molecule has 0 atom stereocenters. The van der Waals surface area contributed by atoms with Crippen LogP contribution in [0.4, 0.5) is 5.82 Å². The number of nitrogens with zero attached hydrogens (tertiary/aromatic N) is 5. The summed E-state index contributed by atoms with van der Waals surface area (Å²) in [5, 5.41) is 8.46. The van der Waals surface area contributed by atoms with Crippen molar-refractivity contribution < 1.29 is 4.79 Å². The highest BCUT2D eigenvalue weighted by atomic mass is 16.1. The number of carbonyl (C=O) groups is 1. The first-order chi connectivity index (χ1) is 12.7. The number of nitrogens with two attached hydrogens (primary N) is 1. The Balaban J connectivity index is 1.52. The minimum absolute atomic E-state index is 0.283. The second-order valence-electron chi connectivity index (χ2n) is 7.25. The van der Waals surface area contributed by atoms with Crippen LogP contribution in [0.1, 0.15) is 31.4 Å². The van der Waals surface area contributed by atoms with Gasteiger partial charge in [0, 0.05) is 36.6 Å². The summed E-state index contributed by atoms with van der Waals surface area (Å²) in [6.45, 7) is 2.08. The lowest BCUT2D eigenvalue weighted by Gasteiger charge is -2.16. The van der Waals surface area contributed by atoms with Crippen LogP contribution in [0.25, 0.3) is 16.8 Å².